The predicted octanol–water partition coefficient (Wildman–Crippen LogP) is 4.50. The minimum Gasteiger partial charge on any atom is -0.353 e. The standard InChI is InChI=1S/C19H21N3O2S3/c1-11-4-6-12(7-5-11)20-15(23)10-27-19-21-17(24)16-13(9-26-18(16)22-19)14-3-2-8-25-14/h2-3,8-9,11-12H,4-7,10H2,1H3,(H,20,23)(H,21,22,24). The van der Waals surface area contributed by atoms with Crippen LogP contribution in [0, 0.1) is 5.92 Å². The molecule has 0 radical (unpaired) electrons. The molecule has 0 unspecified atom stereocenters. The molecule has 1 aliphatic rings. The number of amides is 1. The van der Waals surface area contributed by atoms with E-state index < -0.39 is 0 Å². The molecule has 0 saturated heterocycles. The molecule has 4 rings (SSSR count). The van der Waals surface area contributed by atoms with E-state index in [0.717, 1.165) is 29.2 Å². The highest BCUT2D eigenvalue weighted by Gasteiger charge is 2.20. The number of nitrogens with one attached hydrogen (secondary N) is 2. The number of thioether (sulfide) groups is 1. The topological polar surface area (TPSA) is 74.8 Å². The maximum absolute atomic E-state index is 12.6. The largest absolute Gasteiger partial charge is 0.353 e. The first-order chi connectivity index (χ1) is 13.1. The summed E-state index contributed by atoms with van der Waals surface area (Å²) in [6, 6.07) is 4.26. The zero-order valence-corrected chi connectivity index (χ0v) is 17.4. The van der Waals surface area contributed by atoms with Crippen molar-refractivity contribution in [3.05, 3.63) is 33.2 Å². The number of rotatable bonds is 5. The predicted molar refractivity (Wildman–Crippen MR) is 114 cm³/mol. The van der Waals surface area contributed by atoms with Crippen molar-refractivity contribution in [2.75, 3.05) is 5.75 Å². The lowest BCUT2D eigenvalue weighted by Crippen LogP contribution is -2.38. The molecule has 0 atom stereocenters. The van der Waals surface area contributed by atoms with Gasteiger partial charge in [-0.2, -0.15) is 0 Å². The molecule has 8 heteroatoms. The summed E-state index contributed by atoms with van der Waals surface area (Å²) in [5, 5.41) is 8.21. The van der Waals surface area contributed by atoms with Crippen LogP contribution in [0.2, 0.25) is 0 Å². The Hall–Kier alpha value is -1.64. The lowest BCUT2D eigenvalue weighted by Gasteiger charge is -2.26. The number of thiophene rings is 2. The summed E-state index contributed by atoms with van der Waals surface area (Å²) in [5.74, 6) is 1.04. The van der Waals surface area contributed by atoms with Crippen LogP contribution in [-0.2, 0) is 4.79 Å². The first kappa shape index (κ1) is 18.7. The Labute approximate surface area is 169 Å². The highest BCUT2D eigenvalue weighted by Crippen LogP contribution is 2.34. The van der Waals surface area contributed by atoms with Gasteiger partial charge in [0.1, 0.15) is 4.83 Å². The summed E-state index contributed by atoms with van der Waals surface area (Å²) in [6.45, 7) is 2.26. The Morgan fingerprint density at radius 1 is 1.33 bits per heavy atom. The fourth-order valence-corrected chi connectivity index (χ4v) is 5.91. The third kappa shape index (κ3) is 4.28. The Morgan fingerprint density at radius 2 is 2.15 bits per heavy atom. The van der Waals surface area contributed by atoms with Gasteiger partial charge in [-0.15, -0.1) is 22.7 Å². The van der Waals surface area contributed by atoms with Crippen LogP contribution in [0.15, 0.2) is 32.8 Å². The second-order valence-electron chi connectivity index (χ2n) is 6.99. The lowest BCUT2D eigenvalue weighted by atomic mass is 9.87. The molecule has 2 N–H and O–H groups in total. The molecule has 3 aromatic heterocycles. The van der Waals surface area contributed by atoms with E-state index in [9.17, 15) is 9.59 Å². The number of hydrogen-bond acceptors (Lipinski definition) is 6. The summed E-state index contributed by atoms with van der Waals surface area (Å²) < 4.78 is 0. The van der Waals surface area contributed by atoms with Crippen molar-refractivity contribution in [3.8, 4) is 10.4 Å². The van der Waals surface area contributed by atoms with Crippen LogP contribution in [0.3, 0.4) is 0 Å². The lowest BCUT2D eigenvalue weighted by molar-refractivity contribution is -0.119. The first-order valence-corrected chi connectivity index (χ1v) is 11.8. The van der Waals surface area contributed by atoms with Gasteiger partial charge in [0.2, 0.25) is 5.91 Å². The van der Waals surface area contributed by atoms with E-state index in [2.05, 4.69) is 22.2 Å². The van der Waals surface area contributed by atoms with Gasteiger partial charge in [-0.05, 0) is 43.0 Å². The third-order valence-corrected chi connectivity index (χ3v) is 7.58. The highest BCUT2D eigenvalue weighted by molar-refractivity contribution is 7.99. The Bertz CT molecular complexity index is 985. The van der Waals surface area contributed by atoms with Gasteiger partial charge in [-0.3, -0.25) is 9.59 Å². The van der Waals surface area contributed by atoms with Crippen molar-refractivity contribution < 1.29 is 4.79 Å². The van der Waals surface area contributed by atoms with Crippen LogP contribution < -0.4 is 10.9 Å². The summed E-state index contributed by atoms with van der Waals surface area (Å²) in [5.41, 5.74) is 0.786. The number of H-pyrrole nitrogens is 1. The van der Waals surface area contributed by atoms with Gasteiger partial charge in [-0.1, -0.05) is 24.8 Å². The average molecular weight is 420 g/mol. The van der Waals surface area contributed by atoms with Gasteiger partial charge >= 0.3 is 0 Å². The minimum absolute atomic E-state index is 0.00718. The van der Waals surface area contributed by atoms with Crippen LogP contribution >= 0.6 is 34.4 Å². The SMILES string of the molecule is CC1CCC(NC(=O)CSc2nc3scc(-c4cccs4)c3c(=O)[nH]2)CC1. The van der Waals surface area contributed by atoms with E-state index in [-0.39, 0.29) is 23.3 Å². The van der Waals surface area contributed by atoms with Crippen molar-refractivity contribution in [1.82, 2.24) is 15.3 Å². The summed E-state index contributed by atoms with van der Waals surface area (Å²) >= 11 is 4.36. The number of carbonyl (C=O) groups is 1. The van der Waals surface area contributed by atoms with Crippen LogP contribution in [0.4, 0.5) is 0 Å². The fraction of sp³-hybridized carbons (Fsp3) is 0.421. The Kier molecular flexibility index (Phi) is 5.66. The maximum atomic E-state index is 12.6. The number of carbonyl (C=O) groups excluding carboxylic acids is 1. The maximum Gasteiger partial charge on any atom is 0.260 e. The molecule has 27 heavy (non-hydrogen) atoms. The number of fused-ring (bicyclic) bond motifs is 1. The van der Waals surface area contributed by atoms with E-state index in [1.54, 1.807) is 11.3 Å². The molecule has 0 spiro atoms. The molecule has 0 aliphatic heterocycles. The second-order valence-corrected chi connectivity index (χ2v) is 9.76. The van der Waals surface area contributed by atoms with E-state index in [4.69, 9.17) is 0 Å². The summed E-state index contributed by atoms with van der Waals surface area (Å²) in [7, 11) is 0. The van der Waals surface area contributed by atoms with Crippen molar-refractivity contribution >= 4 is 50.6 Å². The molecule has 1 amide bonds. The van der Waals surface area contributed by atoms with Crippen LogP contribution in [0.5, 0.6) is 0 Å². The van der Waals surface area contributed by atoms with E-state index in [1.165, 1.54) is 35.9 Å². The van der Waals surface area contributed by atoms with E-state index in [1.807, 2.05) is 22.9 Å². The van der Waals surface area contributed by atoms with Gasteiger partial charge in [-0.25, -0.2) is 4.98 Å². The molecule has 3 heterocycles. The molecular weight excluding hydrogens is 398 g/mol. The van der Waals surface area contributed by atoms with Crippen LogP contribution in [-0.4, -0.2) is 27.7 Å². The molecule has 5 nitrogen and oxygen atoms in total. The molecule has 1 aliphatic carbocycles. The summed E-state index contributed by atoms with van der Waals surface area (Å²) in [4.78, 5) is 34.0. The summed E-state index contributed by atoms with van der Waals surface area (Å²) in [6.07, 6.45) is 4.46. The zero-order chi connectivity index (χ0) is 18.8. The quantitative estimate of drug-likeness (QED) is 0.472. The number of hydrogen-bond donors (Lipinski definition) is 2. The van der Waals surface area contributed by atoms with Crippen molar-refractivity contribution in [1.29, 1.82) is 0 Å². The van der Waals surface area contributed by atoms with Crippen molar-refractivity contribution in [2.45, 2.75) is 43.8 Å². The molecule has 0 aromatic carbocycles. The molecule has 142 valence electrons. The van der Waals surface area contributed by atoms with Gasteiger partial charge < -0.3 is 10.3 Å². The zero-order valence-electron chi connectivity index (χ0n) is 15.0. The van der Waals surface area contributed by atoms with Crippen molar-refractivity contribution in [3.63, 3.8) is 0 Å². The van der Waals surface area contributed by atoms with Gasteiger partial charge in [0.15, 0.2) is 5.16 Å². The number of nitrogens with zero attached hydrogens (tertiary/aromatic N) is 1. The third-order valence-electron chi connectivity index (χ3n) is 4.93. The number of aromatic amines is 1. The monoisotopic (exact) mass is 419 g/mol. The smallest absolute Gasteiger partial charge is 0.260 e. The molecular formula is C19H21N3O2S3. The van der Waals surface area contributed by atoms with Gasteiger partial charge in [0, 0.05) is 21.9 Å². The van der Waals surface area contributed by atoms with Crippen LogP contribution in [0.1, 0.15) is 32.6 Å². The normalized spacial score (nSPS) is 20.0. The Balaban J connectivity index is 1.42. The second kappa shape index (κ2) is 8.16. The fourth-order valence-electron chi connectivity index (χ4n) is 3.42. The van der Waals surface area contributed by atoms with E-state index in [0.29, 0.717) is 15.4 Å². The molecule has 3 aromatic rings. The molecule has 0 bridgehead atoms. The van der Waals surface area contributed by atoms with Crippen molar-refractivity contribution in [2.24, 2.45) is 5.92 Å². The van der Waals surface area contributed by atoms with Crippen LogP contribution in [0.25, 0.3) is 20.7 Å². The molecule has 1 fully saturated rings. The molecule has 1 saturated carbocycles. The first-order valence-electron chi connectivity index (χ1n) is 9.07. The average Bonchev–Trinajstić information content (AvgIpc) is 3.31. The van der Waals surface area contributed by atoms with Gasteiger partial charge in [0.25, 0.3) is 5.56 Å². The van der Waals surface area contributed by atoms with Gasteiger partial charge in [0.05, 0.1) is 11.1 Å². The highest BCUT2D eigenvalue weighted by atomic mass is 32.2. The Morgan fingerprint density at radius 3 is 2.89 bits per heavy atom. The van der Waals surface area contributed by atoms with E-state index >= 15 is 0 Å². The minimum atomic E-state index is -0.145. The number of aromatic nitrogens is 2.